The van der Waals surface area contributed by atoms with Gasteiger partial charge >= 0.3 is 0 Å². The maximum Gasteiger partial charge on any atom is 0.259 e. The number of amides is 1. The van der Waals surface area contributed by atoms with E-state index in [0.717, 1.165) is 5.69 Å². The van der Waals surface area contributed by atoms with Crippen molar-refractivity contribution < 1.29 is 9.32 Å². The second kappa shape index (κ2) is 8.51. The van der Waals surface area contributed by atoms with Crippen LogP contribution in [0.2, 0.25) is 5.02 Å². The molecule has 0 fully saturated rings. The Labute approximate surface area is 178 Å². The molecule has 2 heterocycles. The van der Waals surface area contributed by atoms with E-state index < -0.39 is 0 Å². The predicted octanol–water partition coefficient (Wildman–Crippen LogP) is 5.23. The van der Waals surface area contributed by atoms with E-state index in [1.165, 1.54) is 0 Å². The molecule has 0 aliphatic carbocycles. The van der Waals surface area contributed by atoms with E-state index in [0.29, 0.717) is 34.2 Å². The van der Waals surface area contributed by atoms with E-state index in [4.69, 9.17) is 16.1 Å². The number of carbonyl (C=O) groups excluding carboxylic acids is 1. The summed E-state index contributed by atoms with van der Waals surface area (Å²) in [5, 5.41) is 11.9. The van der Waals surface area contributed by atoms with Gasteiger partial charge in [0, 0.05) is 18.3 Å². The first kappa shape index (κ1) is 19.8. The lowest BCUT2D eigenvalue weighted by atomic mass is 10.1. The second-order valence-corrected chi connectivity index (χ2v) is 7.65. The number of para-hydroxylation sites is 1. The van der Waals surface area contributed by atoms with E-state index in [1.807, 2.05) is 56.4 Å². The van der Waals surface area contributed by atoms with E-state index in [1.54, 1.807) is 22.9 Å². The molecular weight excluding hydrogens is 402 g/mol. The zero-order valence-corrected chi connectivity index (χ0v) is 17.3. The summed E-state index contributed by atoms with van der Waals surface area (Å²) in [4.78, 5) is 16.5. The fourth-order valence-electron chi connectivity index (χ4n) is 2.95. The first-order chi connectivity index (χ1) is 14.5. The lowest BCUT2D eigenvalue weighted by Crippen LogP contribution is -2.13. The Morgan fingerprint density at radius 1 is 1.17 bits per heavy atom. The zero-order chi connectivity index (χ0) is 21.1. The van der Waals surface area contributed by atoms with Gasteiger partial charge in [-0.15, -0.1) is 0 Å². The highest BCUT2D eigenvalue weighted by Gasteiger charge is 2.17. The number of carbonyl (C=O) groups is 1. The second-order valence-electron chi connectivity index (χ2n) is 7.25. The molecule has 4 aromatic rings. The first-order valence-corrected chi connectivity index (χ1v) is 9.92. The van der Waals surface area contributed by atoms with Crippen molar-refractivity contribution in [3.8, 4) is 28.7 Å². The van der Waals surface area contributed by atoms with Crippen molar-refractivity contribution in [3.05, 3.63) is 65.8 Å². The molecule has 2 aromatic carbocycles. The Morgan fingerprint density at radius 3 is 2.73 bits per heavy atom. The summed E-state index contributed by atoms with van der Waals surface area (Å²) in [6, 6.07) is 16.7. The van der Waals surface area contributed by atoms with Crippen molar-refractivity contribution in [1.82, 2.24) is 19.9 Å². The molecule has 2 aromatic heterocycles. The minimum atomic E-state index is -0.0593. The molecule has 4 rings (SSSR count). The summed E-state index contributed by atoms with van der Waals surface area (Å²) in [7, 11) is 0. The predicted molar refractivity (Wildman–Crippen MR) is 115 cm³/mol. The monoisotopic (exact) mass is 421 g/mol. The third-order valence-corrected chi connectivity index (χ3v) is 4.67. The minimum absolute atomic E-state index is 0.0593. The van der Waals surface area contributed by atoms with Crippen molar-refractivity contribution in [3.63, 3.8) is 0 Å². The topological polar surface area (TPSA) is 85.8 Å². The number of nitrogens with one attached hydrogen (secondary N) is 1. The molecule has 0 spiro atoms. The number of rotatable bonds is 6. The van der Waals surface area contributed by atoms with Crippen LogP contribution in [0.25, 0.3) is 28.7 Å². The van der Waals surface area contributed by atoms with Gasteiger partial charge in [0.25, 0.3) is 5.89 Å². The third-order valence-electron chi connectivity index (χ3n) is 4.34. The summed E-state index contributed by atoms with van der Waals surface area (Å²) in [6.07, 6.45) is 2.27. The summed E-state index contributed by atoms with van der Waals surface area (Å²) >= 11 is 6.33. The fraction of sp³-hybridized carbons (Fsp3) is 0.182. The smallest absolute Gasteiger partial charge is 0.259 e. The Hall–Kier alpha value is -3.45. The van der Waals surface area contributed by atoms with Gasteiger partial charge in [0.1, 0.15) is 5.69 Å². The van der Waals surface area contributed by atoms with Gasteiger partial charge < -0.3 is 9.84 Å². The van der Waals surface area contributed by atoms with Gasteiger partial charge in [0.15, 0.2) is 0 Å². The van der Waals surface area contributed by atoms with E-state index >= 15 is 0 Å². The molecule has 0 radical (unpaired) electrons. The highest BCUT2D eigenvalue weighted by atomic mass is 35.5. The normalized spacial score (nSPS) is 11.1. The summed E-state index contributed by atoms with van der Waals surface area (Å²) in [5.74, 6) is 0.816. The van der Waals surface area contributed by atoms with Gasteiger partial charge in [-0.2, -0.15) is 10.1 Å². The lowest BCUT2D eigenvalue weighted by molar-refractivity contribution is -0.116. The van der Waals surface area contributed by atoms with Gasteiger partial charge in [-0.25, -0.2) is 4.68 Å². The molecule has 0 unspecified atom stereocenters. The zero-order valence-electron chi connectivity index (χ0n) is 16.5. The molecule has 0 aliphatic heterocycles. The van der Waals surface area contributed by atoms with E-state index in [2.05, 4.69) is 20.6 Å². The van der Waals surface area contributed by atoms with Crippen molar-refractivity contribution >= 4 is 23.2 Å². The average Bonchev–Trinajstić information content (AvgIpc) is 3.39. The van der Waals surface area contributed by atoms with Crippen LogP contribution >= 0.6 is 11.6 Å². The van der Waals surface area contributed by atoms with Crippen LogP contribution in [0.1, 0.15) is 20.3 Å². The van der Waals surface area contributed by atoms with Crippen LogP contribution in [-0.2, 0) is 4.79 Å². The highest BCUT2D eigenvalue weighted by molar-refractivity contribution is 6.33. The lowest BCUT2D eigenvalue weighted by Gasteiger charge is -2.08. The maximum absolute atomic E-state index is 12.1. The van der Waals surface area contributed by atoms with Crippen LogP contribution in [0.15, 0.2) is 65.3 Å². The van der Waals surface area contributed by atoms with Crippen LogP contribution in [-0.4, -0.2) is 25.8 Å². The summed E-state index contributed by atoms with van der Waals surface area (Å²) in [6.45, 7) is 3.98. The number of benzene rings is 2. The number of hydrogen-bond acceptors (Lipinski definition) is 5. The Kier molecular flexibility index (Phi) is 5.63. The molecule has 30 heavy (non-hydrogen) atoms. The third kappa shape index (κ3) is 4.41. The molecule has 7 nitrogen and oxygen atoms in total. The molecule has 1 amide bonds. The average molecular weight is 422 g/mol. The molecular formula is C22H20ClN5O2. The van der Waals surface area contributed by atoms with Gasteiger partial charge in [-0.3, -0.25) is 4.79 Å². The van der Waals surface area contributed by atoms with E-state index in [9.17, 15) is 4.79 Å². The first-order valence-electron chi connectivity index (χ1n) is 9.54. The molecule has 0 saturated heterocycles. The molecule has 1 N–H and O–H groups in total. The van der Waals surface area contributed by atoms with Crippen molar-refractivity contribution in [2.45, 2.75) is 20.3 Å². The van der Waals surface area contributed by atoms with Gasteiger partial charge in [0.05, 0.1) is 16.3 Å². The maximum atomic E-state index is 12.1. The highest BCUT2D eigenvalue weighted by Crippen LogP contribution is 2.31. The molecule has 152 valence electrons. The minimum Gasteiger partial charge on any atom is -0.333 e. The van der Waals surface area contributed by atoms with Gasteiger partial charge in [0.2, 0.25) is 11.7 Å². The largest absolute Gasteiger partial charge is 0.333 e. The fourth-order valence-corrected chi connectivity index (χ4v) is 3.15. The molecule has 0 aliphatic rings. The Bertz CT molecular complexity index is 1170. The molecule has 0 bridgehead atoms. The summed E-state index contributed by atoms with van der Waals surface area (Å²) < 4.78 is 7.16. The number of nitrogens with zero attached hydrogens (tertiary/aromatic N) is 4. The number of anilines is 1. The summed E-state index contributed by atoms with van der Waals surface area (Å²) in [5.41, 5.74) is 2.67. The quantitative estimate of drug-likeness (QED) is 0.460. The van der Waals surface area contributed by atoms with Crippen LogP contribution in [0, 0.1) is 5.92 Å². The van der Waals surface area contributed by atoms with E-state index in [-0.39, 0.29) is 17.7 Å². The standard InChI is InChI=1S/C22H20ClN5O2/c1-14(2)12-20(29)24-15-8-9-18(23)17(13-15)22-25-21(27-30-22)19-10-11-28(26-19)16-6-4-3-5-7-16/h3-11,13-14H,12H2,1-2H3,(H,24,29). The Morgan fingerprint density at radius 2 is 1.97 bits per heavy atom. The van der Waals surface area contributed by atoms with Crippen LogP contribution in [0.3, 0.4) is 0 Å². The van der Waals surface area contributed by atoms with Crippen LogP contribution < -0.4 is 5.32 Å². The van der Waals surface area contributed by atoms with Crippen LogP contribution in [0.4, 0.5) is 5.69 Å². The number of aromatic nitrogens is 4. The number of halogens is 1. The molecule has 0 atom stereocenters. The Balaban J connectivity index is 1.58. The number of hydrogen-bond donors (Lipinski definition) is 1. The molecule has 0 saturated carbocycles. The van der Waals surface area contributed by atoms with Crippen molar-refractivity contribution in [2.75, 3.05) is 5.32 Å². The van der Waals surface area contributed by atoms with Crippen molar-refractivity contribution in [2.24, 2.45) is 5.92 Å². The van der Waals surface area contributed by atoms with Crippen LogP contribution in [0.5, 0.6) is 0 Å². The molecule has 8 heteroatoms. The van der Waals surface area contributed by atoms with Gasteiger partial charge in [-0.05, 0) is 42.3 Å². The van der Waals surface area contributed by atoms with Gasteiger partial charge in [-0.1, -0.05) is 48.8 Å². The van der Waals surface area contributed by atoms with Crippen molar-refractivity contribution in [1.29, 1.82) is 0 Å². The SMILES string of the molecule is CC(C)CC(=O)Nc1ccc(Cl)c(-c2nc(-c3ccn(-c4ccccc4)n3)no2)c1.